The monoisotopic (exact) mass is 445 g/mol. The van der Waals surface area contributed by atoms with Crippen molar-refractivity contribution in [2.45, 2.75) is 27.3 Å². The van der Waals surface area contributed by atoms with Gasteiger partial charge in [0.1, 0.15) is 4.88 Å². The minimum absolute atomic E-state index is 0.234. The van der Waals surface area contributed by atoms with Crippen LogP contribution in [0.2, 0.25) is 0 Å². The SMILES string of the molecule is C/C(=N\NC(=O)c1ccc2c(c1)c(C)c(C)n2Cc1ccccc1)c1ccc(C(=O)O)s1. The molecule has 0 aliphatic carbocycles. The number of carbonyl (C=O) groups excluding carboxylic acids is 1. The molecule has 32 heavy (non-hydrogen) atoms. The number of nitrogens with one attached hydrogen (secondary N) is 1. The number of hydrogen-bond acceptors (Lipinski definition) is 4. The third kappa shape index (κ3) is 4.20. The summed E-state index contributed by atoms with van der Waals surface area (Å²) in [6.07, 6.45) is 0. The van der Waals surface area contributed by atoms with Gasteiger partial charge in [-0.2, -0.15) is 5.10 Å². The Balaban J connectivity index is 1.57. The number of hydrazone groups is 1. The van der Waals surface area contributed by atoms with Gasteiger partial charge in [0.15, 0.2) is 0 Å². The van der Waals surface area contributed by atoms with Gasteiger partial charge in [0, 0.05) is 28.7 Å². The van der Waals surface area contributed by atoms with Crippen LogP contribution in [0.25, 0.3) is 10.9 Å². The Kier molecular flexibility index (Phi) is 5.92. The number of carboxylic acid groups (broad SMARTS) is 1. The molecule has 4 aromatic rings. The van der Waals surface area contributed by atoms with Gasteiger partial charge in [-0.15, -0.1) is 11.3 Å². The van der Waals surface area contributed by atoms with Crippen molar-refractivity contribution in [3.63, 3.8) is 0 Å². The zero-order chi connectivity index (χ0) is 22.8. The third-order valence-corrected chi connectivity index (χ3v) is 6.77. The lowest BCUT2D eigenvalue weighted by Gasteiger charge is -2.09. The van der Waals surface area contributed by atoms with Crippen LogP contribution in [0.4, 0.5) is 0 Å². The first-order valence-corrected chi connectivity index (χ1v) is 11.0. The maximum Gasteiger partial charge on any atom is 0.345 e. The minimum Gasteiger partial charge on any atom is -0.477 e. The molecule has 2 aromatic carbocycles. The Labute approximate surface area is 189 Å². The number of aromatic carboxylic acids is 1. The molecule has 6 nitrogen and oxygen atoms in total. The van der Waals surface area contributed by atoms with Gasteiger partial charge in [0.05, 0.1) is 10.6 Å². The first kappa shape index (κ1) is 21.5. The van der Waals surface area contributed by atoms with Crippen molar-refractivity contribution >= 4 is 39.8 Å². The second-order valence-electron chi connectivity index (χ2n) is 7.62. The van der Waals surface area contributed by atoms with Crippen molar-refractivity contribution in [2.75, 3.05) is 0 Å². The summed E-state index contributed by atoms with van der Waals surface area (Å²) in [5, 5.41) is 14.3. The molecule has 0 aliphatic rings. The molecule has 4 rings (SSSR count). The largest absolute Gasteiger partial charge is 0.477 e. The average Bonchev–Trinajstić information content (AvgIpc) is 3.38. The van der Waals surface area contributed by atoms with E-state index < -0.39 is 5.97 Å². The fourth-order valence-corrected chi connectivity index (χ4v) is 4.45. The van der Waals surface area contributed by atoms with Crippen LogP contribution in [0.5, 0.6) is 0 Å². The van der Waals surface area contributed by atoms with E-state index in [-0.39, 0.29) is 10.8 Å². The fraction of sp³-hybridized carbons (Fsp3) is 0.160. The Hall–Kier alpha value is -3.71. The number of thiophene rings is 1. The molecule has 1 amide bonds. The van der Waals surface area contributed by atoms with Gasteiger partial charge in [-0.1, -0.05) is 30.3 Å². The van der Waals surface area contributed by atoms with Crippen LogP contribution in [0.3, 0.4) is 0 Å². The average molecular weight is 446 g/mol. The molecule has 0 fully saturated rings. The van der Waals surface area contributed by atoms with Crippen molar-refractivity contribution in [1.29, 1.82) is 0 Å². The van der Waals surface area contributed by atoms with E-state index in [1.165, 1.54) is 17.3 Å². The molecule has 0 spiro atoms. The third-order valence-electron chi connectivity index (χ3n) is 5.58. The second kappa shape index (κ2) is 8.80. The summed E-state index contributed by atoms with van der Waals surface area (Å²) in [4.78, 5) is 24.7. The number of nitrogens with zero attached hydrogens (tertiary/aromatic N) is 2. The molecule has 0 saturated heterocycles. The molecule has 0 aliphatic heterocycles. The lowest BCUT2D eigenvalue weighted by molar-refractivity contribution is 0.0702. The zero-order valence-corrected chi connectivity index (χ0v) is 18.9. The van der Waals surface area contributed by atoms with Gasteiger partial charge in [-0.05, 0) is 62.2 Å². The molecule has 2 aromatic heterocycles. The number of fused-ring (bicyclic) bond motifs is 1. The van der Waals surface area contributed by atoms with E-state index in [4.69, 9.17) is 5.11 Å². The summed E-state index contributed by atoms with van der Waals surface area (Å²) in [6, 6.07) is 19.2. The van der Waals surface area contributed by atoms with Gasteiger partial charge in [-0.25, -0.2) is 10.2 Å². The van der Waals surface area contributed by atoms with E-state index in [1.807, 2.05) is 30.3 Å². The highest BCUT2D eigenvalue weighted by Crippen LogP contribution is 2.27. The predicted octanol–water partition coefficient (Wildman–Crippen LogP) is 5.22. The number of aryl methyl sites for hydroxylation is 1. The molecular weight excluding hydrogens is 422 g/mol. The Bertz CT molecular complexity index is 1350. The number of hydrogen-bond donors (Lipinski definition) is 2. The molecule has 0 saturated carbocycles. The minimum atomic E-state index is -0.976. The van der Waals surface area contributed by atoms with Crippen molar-refractivity contribution in [1.82, 2.24) is 9.99 Å². The number of aromatic nitrogens is 1. The lowest BCUT2D eigenvalue weighted by Crippen LogP contribution is -2.19. The number of benzene rings is 2. The van der Waals surface area contributed by atoms with Gasteiger partial charge in [0.2, 0.25) is 0 Å². The Morgan fingerprint density at radius 3 is 2.44 bits per heavy atom. The van der Waals surface area contributed by atoms with Gasteiger partial charge < -0.3 is 9.67 Å². The van der Waals surface area contributed by atoms with Crippen LogP contribution in [-0.2, 0) is 6.54 Å². The molecule has 0 atom stereocenters. The Morgan fingerprint density at radius 1 is 1.03 bits per heavy atom. The van der Waals surface area contributed by atoms with Gasteiger partial charge >= 0.3 is 5.97 Å². The van der Waals surface area contributed by atoms with Crippen molar-refractivity contribution in [3.05, 3.63) is 92.8 Å². The molecule has 7 heteroatoms. The second-order valence-corrected chi connectivity index (χ2v) is 8.71. The normalized spacial score (nSPS) is 11.7. The number of amides is 1. The number of carbonyl (C=O) groups is 2. The van der Waals surface area contributed by atoms with Gasteiger partial charge in [-0.3, -0.25) is 4.79 Å². The summed E-state index contributed by atoms with van der Waals surface area (Å²) in [5.41, 5.74) is 8.27. The van der Waals surface area contributed by atoms with E-state index in [9.17, 15) is 9.59 Å². The highest BCUT2D eigenvalue weighted by molar-refractivity contribution is 7.15. The van der Waals surface area contributed by atoms with E-state index in [0.29, 0.717) is 16.2 Å². The maximum atomic E-state index is 12.7. The molecule has 2 N–H and O–H groups in total. The predicted molar refractivity (Wildman–Crippen MR) is 128 cm³/mol. The first-order valence-electron chi connectivity index (χ1n) is 10.2. The maximum absolute atomic E-state index is 12.7. The first-order chi connectivity index (χ1) is 15.3. The molecule has 162 valence electrons. The number of carboxylic acids is 1. The molecule has 0 radical (unpaired) electrons. The topological polar surface area (TPSA) is 83.7 Å². The number of rotatable bonds is 6. The van der Waals surface area contributed by atoms with Crippen LogP contribution in [0.15, 0.2) is 65.8 Å². The summed E-state index contributed by atoms with van der Waals surface area (Å²) >= 11 is 1.12. The lowest BCUT2D eigenvalue weighted by atomic mass is 10.1. The highest BCUT2D eigenvalue weighted by atomic mass is 32.1. The van der Waals surface area contributed by atoms with Crippen molar-refractivity contribution in [2.24, 2.45) is 5.10 Å². The summed E-state index contributed by atoms with van der Waals surface area (Å²) in [5.74, 6) is -1.29. The van der Waals surface area contributed by atoms with E-state index in [0.717, 1.165) is 34.3 Å². The van der Waals surface area contributed by atoms with E-state index in [1.54, 1.807) is 19.1 Å². The van der Waals surface area contributed by atoms with Crippen molar-refractivity contribution < 1.29 is 14.7 Å². The van der Waals surface area contributed by atoms with Crippen LogP contribution < -0.4 is 5.43 Å². The van der Waals surface area contributed by atoms with Crippen LogP contribution in [0.1, 0.15) is 48.7 Å². The van der Waals surface area contributed by atoms with E-state index in [2.05, 4.69) is 41.1 Å². The molecule has 2 heterocycles. The van der Waals surface area contributed by atoms with E-state index >= 15 is 0 Å². The van der Waals surface area contributed by atoms with Crippen LogP contribution >= 0.6 is 11.3 Å². The molecule has 0 bridgehead atoms. The summed E-state index contributed by atoms with van der Waals surface area (Å²) in [6.45, 7) is 6.67. The Morgan fingerprint density at radius 2 is 1.75 bits per heavy atom. The summed E-state index contributed by atoms with van der Waals surface area (Å²) < 4.78 is 2.26. The quantitative estimate of drug-likeness (QED) is 0.315. The molecule has 0 unspecified atom stereocenters. The zero-order valence-electron chi connectivity index (χ0n) is 18.0. The summed E-state index contributed by atoms with van der Waals surface area (Å²) in [7, 11) is 0. The highest BCUT2D eigenvalue weighted by Gasteiger charge is 2.15. The van der Waals surface area contributed by atoms with Crippen molar-refractivity contribution in [3.8, 4) is 0 Å². The van der Waals surface area contributed by atoms with Gasteiger partial charge in [0.25, 0.3) is 5.91 Å². The van der Waals surface area contributed by atoms with Crippen LogP contribution in [-0.4, -0.2) is 27.3 Å². The standard InChI is InChI=1S/C25H23N3O3S/c1-15-17(3)28(14-18-7-5-4-6-8-18)21-10-9-19(13-20(15)21)24(29)27-26-16(2)22-11-12-23(32-22)25(30)31/h4-13H,14H2,1-3H3,(H,27,29)(H,30,31)/b26-16+. The fourth-order valence-electron chi connectivity index (χ4n) is 3.66. The molecular formula is C25H23N3O3S. The van der Waals surface area contributed by atoms with Crippen LogP contribution in [0, 0.1) is 13.8 Å². The smallest absolute Gasteiger partial charge is 0.345 e.